The highest BCUT2D eigenvalue weighted by atomic mass is 16.5. The number of aliphatic hydroxyl groups excluding tert-OH is 1. The minimum absolute atomic E-state index is 0.0658. The molecule has 0 aliphatic rings. The van der Waals surface area contributed by atoms with Crippen molar-refractivity contribution in [2.75, 3.05) is 6.61 Å². The molecule has 0 saturated heterocycles. The van der Waals surface area contributed by atoms with Crippen LogP contribution in [0.5, 0.6) is 0 Å². The molecule has 2 unspecified atom stereocenters. The zero-order valence-corrected chi connectivity index (χ0v) is 30.7. The third-order valence-electron chi connectivity index (χ3n) is 9.71. The van der Waals surface area contributed by atoms with Crippen molar-refractivity contribution in [1.82, 2.24) is 0 Å². The lowest BCUT2D eigenvalue weighted by atomic mass is 9.93. The van der Waals surface area contributed by atoms with Gasteiger partial charge in [-0.25, -0.2) is 0 Å². The molecule has 0 radical (unpaired) electrons. The fourth-order valence-electron chi connectivity index (χ4n) is 6.57. The van der Waals surface area contributed by atoms with Gasteiger partial charge in [-0.2, -0.15) is 0 Å². The van der Waals surface area contributed by atoms with Gasteiger partial charge < -0.3 is 9.84 Å². The van der Waals surface area contributed by atoms with Crippen LogP contribution >= 0.6 is 0 Å². The summed E-state index contributed by atoms with van der Waals surface area (Å²) in [5, 5.41) is 10.3. The first-order valence-corrected chi connectivity index (χ1v) is 20.5. The molecule has 0 spiro atoms. The lowest BCUT2D eigenvalue weighted by Gasteiger charge is -2.16. The van der Waals surface area contributed by atoms with E-state index in [1.54, 1.807) is 0 Å². The van der Waals surface area contributed by atoms with E-state index in [1.807, 2.05) is 0 Å². The molecule has 44 heavy (non-hydrogen) atoms. The highest BCUT2D eigenvalue weighted by Gasteiger charge is 2.19. The summed E-state index contributed by atoms with van der Waals surface area (Å²) in [5.41, 5.74) is 0. The fourth-order valence-corrected chi connectivity index (χ4v) is 6.57. The number of rotatable bonds is 37. The van der Waals surface area contributed by atoms with E-state index in [0.29, 0.717) is 6.61 Å². The standard InChI is InChI=1S/C41H82O3/c1-4-7-10-13-15-17-19-20-22-24-27-33-38-44-41(43)39(34-29-26-23-21-18-16-14-11-8-5-2)35-30-28-32-37-40(42)36-31-25-12-9-6-3/h39-40,42H,4-38H2,1-3H3. The highest BCUT2D eigenvalue weighted by molar-refractivity contribution is 5.72. The number of aliphatic hydroxyl groups is 1. The predicted octanol–water partition coefficient (Wildman–Crippen LogP) is 13.8. The predicted molar refractivity (Wildman–Crippen MR) is 194 cm³/mol. The Balaban J connectivity index is 4.13. The molecule has 0 bridgehead atoms. The highest BCUT2D eigenvalue weighted by Crippen LogP contribution is 2.22. The Morgan fingerprint density at radius 2 is 0.682 bits per heavy atom. The second-order valence-corrected chi connectivity index (χ2v) is 14.2. The third kappa shape index (κ3) is 32.8. The largest absolute Gasteiger partial charge is 0.465 e. The molecule has 0 aliphatic heterocycles. The molecule has 0 aromatic heterocycles. The van der Waals surface area contributed by atoms with Gasteiger partial charge in [0.25, 0.3) is 0 Å². The minimum Gasteiger partial charge on any atom is -0.465 e. The van der Waals surface area contributed by atoms with Crippen LogP contribution in [0.2, 0.25) is 0 Å². The Morgan fingerprint density at radius 3 is 1.05 bits per heavy atom. The van der Waals surface area contributed by atoms with Gasteiger partial charge in [0.2, 0.25) is 0 Å². The Kier molecular flexibility index (Phi) is 36.4. The van der Waals surface area contributed by atoms with E-state index in [0.717, 1.165) is 64.2 Å². The normalized spacial score (nSPS) is 12.9. The quantitative estimate of drug-likeness (QED) is 0.0554. The second-order valence-electron chi connectivity index (χ2n) is 14.2. The summed E-state index contributed by atoms with van der Waals surface area (Å²) in [6, 6.07) is 0. The summed E-state index contributed by atoms with van der Waals surface area (Å²) < 4.78 is 5.83. The number of unbranched alkanes of at least 4 members (excludes halogenated alkanes) is 26. The molecular weight excluding hydrogens is 540 g/mol. The SMILES string of the molecule is CCCCCCCCCCCCCCOC(=O)C(CCCCCCCCCCCC)CCCCCC(O)CCCCCCC. The van der Waals surface area contributed by atoms with Crippen LogP contribution in [0, 0.1) is 5.92 Å². The van der Waals surface area contributed by atoms with Crippen molar-refractivity contribution < 1.29 is 14.6 Å². The molecule has 3 heteroatoms. The van der Waals surface area contributed by atoms with Crippen LogP contribution in [0.1, 0.15) is 239 Å². The number of esters is 1. The first-order chi connectivity index (χ1) is 21.7. The maximum Gasteiger partial charge on any atom is 0.308 e. The van der Waals surface area contributed by atoms with Gasteiger partial charge in [-0.05, 0) is 32.1 Å². The Bertz CT molecular complexity index is 548. The maximum absolute atomic E-state index is 13.0. The van der Waals surface area contributed by atoms with E-state index in [9.17, 15) is 9.90 Å². The first-order valence-electron chi connectivity index (χ1n) is 20.5. The number of hydrogen-bond acceptors (Lipinski definition) is 3. The summed E-state index contributed by atoms with van der Waals surface area (Å²) in [6.07, 6.45) is 42.6. The molecule has 0 fully saturated rings. The van der Waals surface area contributed by atoms with Crippen LogP contribution < -0.4 is 0 Å². The molecule has 0 amide bonds. The fraction of sp³-hybridized carbons (Fsp3) is 0.976. The molecule has 0 heterocycles. The van der Waals surface area contributed by atoms with Gasteiger partial charge in [0.15, 0.2) is 0 Å². The first kappa shape index (κ1) is 43.4. The lowest BCUT2D eigenvalue weighted by molar-refractivity contribution is -0.149. The average molecular weight is 623 g/mol. The van der Waals surface area contributed by atoms with Gasteiger partial charge in [0.05, 0.1) is 18.6 Å². The summed E-state index contributed by atoms with van der Waals surface area (Å²) >= 11 is 0. The smallest absolute Gasteiger partial charge is 0.308 e. The van der Waals surface area contributed by atoms with E-state index in [-0.39, 0.29) is 18.0 Å². The molecule has 264 valence electrons. The molecule has 0 rings (SSSR count). The van der Waals surface area contributed by atoms with Crippen LogP contribution in [0.3, 0.4) is 0 Å². The number of carbonyl (C=O) groups is 1. The van der Waals surface area contributed by atoms with Crippen molar-refractivity contribution in [3.8, 4) is 0 Å². The van der Waals surface area contributed by atoms with Gasteiger partial charge in [0, 0.05) is 0 Å². The van der Waals surface area contributed by atoms with Crippen molar-refractivity contribution in [2.45, 2.75) is 245 Å². The van der Waals surface area contributed by atoms with Gasteiger partial charge in [-0.1, -0.05) is 207 Å². The van der Waals surface area contributed by atoms with E-state index < -0.39 is 0 Å². The van der Waals surface area contributed by atoms with Crippen LogP contribution in [0.25, 0.3) is 0 Å². The number of carbonyl (C=O) groups excluding carboxylic acids is 1. The van der Waals surface area contributed by atoms with Crippen LogP contribution in [-0.2, 0) is 9.53 Å². The second kappa shape index (κ2) is 36.9. The van der Waals surface area contributed by atoms with Crippen molar-refractivity contribution in [2.24, 2.45) is 5.92 Å². The number of ether oxygens (including phenoxy) is 1. The zero-order valence-electron chi connectivity index (χ0n) is 30.7. The average Bonchev–Trinajstić information content (AvgIpc) is 3.02. The monoisotopic (exact) mass is 623 g/mol. The number of hydrogen-bond donors (Lipinski definition) is 1. The molecule has 0 aromatic rings. The molecule has 3 nitrogen and oxygen atoms in total. The molecule has 0 aliphatic carbocycles. The van der Waals surface area contributed by atoms with Gasteiger partial charge >= 0.3 is 5.97 Å². The van der Waals surface area contributed by atoms with Gasteiger partial charge in [0.1, 0.15) is 0 Å². The van der Waals surface area contributed by atoms with Crippen LogP contribution in [0.15, 0.2) is 0 Å². The topological polar surface area (TPSA) is 46.5 Å². The third-order valence-corrected chi connectivity index (χ3v) is 9.71. The summed E-state index contributed by atoms with van der Waals surface area (Å²) in [4.78, 5) is 13.0. The van der Waals surface area contributed by atoms with Crippen LogP contribution in [0.4, 0.5) is 0 Å². The molecule has 1 N–H and O–H groups in total. The van der Waals surface area contributed by atoms with Crippen molar-refractivity contribution in [3.63, 3.8) is 0 Å². The van der Waals surface area contributed by atoms with Gasteiger partial charge in [-0.15, -0.1) is 0 Å². The molecule has 0 saturated carbocycles. The Labute approximate surface area is 277 Å². The summed E-state index contributed by atoms with van der Waals surface area (Å²) in [6.45, 7) is 7.42. The Hall–Kier alpha value is -0.570. The summed E-state index contributed by atoms with van der Waals surface area (Å²) in [7, 11) is 0. The Morgan fingerprint density at radius 1 is 0.409 bits per heavy atom. The minimum atomic E-state index is -0.139. The van der Waals surface area contributed by atoms with Gasteiger partial charge in [-0.3, -0.25) is 4.79 Å². The zero-order chi connectivity index (χ0) is 32.2. The van der Waals surface area contributed by atoms with E-state index in [4.69, 9.17) is 4.74 Å². The van der Waals surface area contributed by atoms with E-state index in [2.05, 4.69) is 20.8 Å². The van der Waals surface area contributed by atoms with Crippen molar-refractivity contribution in [3.05, 3.63) is 0 Å². The van der Waals surface area contributed by atoms with Crippen molar-refractivity contribution >= 4 is 5.97 Å². The van der Waals surface area contributed by atoms with Crippen LogP contribution in [-0.4, -0.2) is 23.8 Å². The molecule has 2 atom stereocenters. The van der Waals surface area contributed by atoms with Crippen molar-refractivity contribution in [1.29, 1.82) is 0 Å². The maximum atomic E-state index is 13.0. The summed E-state index contributed by atoms with van der Waals surface area (Å²) in [5.74, 6) is 0.140. The van der Waals surface area contributed by atoms with E-state index in [1.165, 1.54) is 154 Å². The molecular formula is C41H82O3. The molecule has 0 aromatic carbocycles. The lowest BCUT2D eigenvalue weighted by Crippen LogP contribution is -2.19. The van der Waals surface area contributed by atoms with E-state index >= 15 is 0 Å².